The Hall–Kier alpha value is -1.92. The number of nitrogens with one attached hydrogen (secondary N) is 1. The van der Waals surface area contributed by atoms with Crippen LogP contribution in [0.3, 0.4) is 0 Å². The Morgan fingerprint density at radius 3 is 2.64 bits per heavy atom. The van der Waals surface area contributed by atoms with E-state index >= 15 is 0 Å². The first kappa shape index (κ1) is 20.8. The van der Waals surface area contributed by atoms with E-state index in [1.54, 1.807) is 0 Å². The molecule has 2 atom stereocenters. The number of hydrogen-bond donors (Lipinski definition) is 1. The summed E-state index contributed by atoms with van der Waals surface area (Å²) in [5, 5.41) is 5.42. The summed E-state index contributed by atoms with van der Waals surface area (Å²) in [5.74, 6) is 0.348. The van der Waals surface area contributed by atoms with E-state index in [1.165, 1.54) is 5.39 Å². The van der Waals surface area contributed by atoms with Gasteiger partial charge < -0.3 is 5.32 Å². The van der Waals surface area contributed by atoms with Gasteiger partial charge in [-0.25, -0.2) is 8.42 Å². The molecule has 0 aromatic heterocycles. The molecule has 2 aromatic rings. The summed E-state index contributed by atoms with van der Waals surface area (Å²) in [6.45, 7) is 5.09. The molecule has 2 aromatic carbocycles. The van der Waals surface area contributed by atoms with Crippen LogP contribution in [0.1, 0.15) is 44.7 Å². The van der Waals surface area contributed by atoms with Gasteiger partial charge in [0, 0.05) is 6.04 Å². The SMILES string of the molecule is CCCCN(CC(=O)NC(C)c1ccc2ccccc2c1)C1CCS(=O)(=O)C1. The van der Waals surface area contributed by atoms with Crippen molar-refractivity contribution in [3.8, 4) is 0 Å². The second-order valence-electron chi connectivity index (χ2n) is 7.78. The van der Waals surface area contributed by atoms with Gasteiger partial charge in [-0.05, 0) is 48.7 Å². The van der Waals surface area contributed by atoms with Gasteiger partial charge >= 0.3 is 0 Å². The Kier molecular flexibility index (Phi) is 6.73. The number of fused-ring (bicyclic) bond motifs is 1. The van der Waals surface area contributed by atoms with Crippen LogP contribution in [0.25, 0.3) is 10.8 Å². The van der Waals surface area contributed by atoms with Gasteiger partial charge in [-0.2, -0.15) is 0 Å². The molecule has 6 heteroatoms. The maximum Gasteiger partial charge on any atom is 0.234 e. The van der Waals surface area contributed by atoms with Crippen LogP contribution in [0.4, 0.5) is 0 Å². The highest BCUT2D eigenvalue weighted by molar-refractivity contribution is 7.91. The van der Waals surface area contributed by atoms with Crippen molar-refractivity contribution in [3.05, 3.63) is 48.0 Å². The number of benzene rings is 2. The molecule has 0 spiro atoms. The van der Waals surface area contributed by atoms with Crippen molar-refractivity contribution in [3.63, 3.8) is 0 Å². The van der Waals surface area contributed by atoms with Crippen molar-refractivity contribution in [2.75, 3.05) is 24.6 Å². The third-order valence-electron chi connectivity index (χ3n) is 5.52. The third kappa shape index (κ3) is 5.32. The van der Waals surface area contributed by atoms with Crippen LogP contribution < -0.4 is 5.32 Å². The summed E-state index contributed by atoms with van der Waals surface area (Å²) in [6.07, 6.45) is 2.61. The van der Waals surface area contributed by atoms with Crippen LogP contribution >= 0.6 is 0 Å². The summed E-state index contributed by atoms with van der Waals surface area (Å²) < 4.78 is 23.7. The van der Waals surface area contributed by atoms with Gasteiger partial charge in [-0.1, -0.05) is 49.7 Å². The zero-order chi connectivity index (χ0) is 20.1. The highest BCUT2D eigenvalue weighted by atomic mass is 32.2. The Labute approximate surface area is 168 Å². The summed E-state index contributed by atoms with van der Waals surface area (Å²) in [5.41, 5.74) is 1.07. The molecule has 1 N–H and O–H groups in total. The molecule has 152 valence electrons. The number of carbonyl (C=O) groups is 1. The van der Waals surface area contributed by atoms with Crippen LogP contribution in [0, 0.1) is 0 Å². The number of nitrogens with zero attached hydrogens (tertiary/aromatic N) is 1. The topological polar surface area (TPSA) is 66.5 Å². The normalized spacial score (nSPS) is 19.8. The Balaban J connectivity index is 1.64. The van der Waals surface area contributed by atoms with Crippen molar-refractivity contribution >= 4 is 26.5 Å². The summed E-state index contributed by atoms with van der Waals surface area (Å²) in [7, 11) is -2.96. The van der Waals surface area contributed by atoms with Gasteiger partial charge in [0.25, 0.3) is 0 Å². The zero-order valence-corrected chi connectivity index (χ0v) is 17.5. The fraction of sp³-hybridized carbons (Fsp3) is 0.500. The monoisotopic (exact) mass is 402 g/mol. The van der Waals surface area contributed by atoms with E-state index < -0.39 is 9.84 Å². The average Bonchev–Trinajstić information content (AvgIpc) is 3.04. The van der Waals surface area contributed by atoms with E-state index in [2.05, 4.69) is 41.4 Å². The fourth-order valence-electron chi connectivity index (χ4n) is 3.85. The molecule has 3 rings (SSSR count). The summed E-state index contributed by atoms with van der Waals surface area (Å²) in [6, 6.07) is 14.3. The lowest BCUT2D eigenvalue weighted by atomic mass is 10.0. The van der Waals surface area contributed by atoms with Crippen LogP contribution in [0.5, 0.6) is 0 Å². The van der Waals surface area contributed by atoms with Crippen molar-refractivity contribution in [1.29, 1.82) is 0 Å². The van der Waals surface area contributed by atoms with E-state index in [1.807, 2.05) is 25.1 Å². The van der Waals surface area contributed by atoms with Gasteiger partial charge in [0.2, 0.25) is 5.91 Å². The first-order chi connectivity index (χ1) is 13.4. The maximum atomic E-state index is 12.7. The van der Waals surface area contributed by atoms with E-state index in [0.717, 1.165) is 30.3 Å². The maximum absolute atomic E-state index is 12.7. The minimum Gasteiger partial charge on any atom is -0.348 e. The van der Waals surface area contributed by atoms with Gasteiger partial charge in [0.15, 0.2) is 9.84 Å². The van der Waals surface area contributed by atoms with Crippen LogP contribution in [0.15, 0.2) is 42.5 Å². The zero-order valence-electron chi connectivity index (χ0n) is 16.7. The Bertz CT molecular complexity index is 926. The van der Waals surface area contributed by atoms with Gasteiger partial charge in [-0.3, -0.25) is 9.69 Å². The molecule has 1 amide bonds. The number of carbonyl (C=O) groups excluding carboxylic acids is 1. The van der Waals surface area contributed by atoms with Crippen molar-refractivity contribution in [2.24, 2.45) is 0 Å². The third-order valence-corrected chi connectivity index (χ3v) is 7.27. The predicted octanol–water partition coefficient (Wildman–Crippen LogP) is 3.31. The van der Waals surface area contributed by atoms with E-state index in [-0.39, 0.29) is 36.0 Å². The molecule has 0 bridgehead atoms. The molecule has 0 radical (unpaired) electrons. The molecule has 1 heterocycles. The largest absolute Gasteiger partial charge is 0.348 e. The standard InChI is InChI=1S/C22H30N2O3S/c1-3-4-12-24(21-11-13-28(26,27)16-21)15-22(25)23-17(2)19-10-9-18-7-5-6-8-20(18)14-19/h5-10,14,17,21H,3-4,11-13,15-16H2,1-2H3,(H,23,25). The van der Waals surface area contributed by atoms with Crippen LogP contribution in [-0.4, -0.2) is 49.9 Å². The Morgan fingerprint density at radius 2 is 1.96 bits per heavy atom. The smallest absolute Gasteiger partial charge is 0.234 e. The minimum atomic E-state index is -2.96. The van der Waals surface area contributed by atoms with Gasteiger partial charge in [0.05, 0.1) is 24.1 Å². The molecule has 5 nitrogen and oxygen atoms in total. The summed E-state index contributed by atoms with van der Waals surface area (Å²) in [4.78, 5) is 14.7. The number of hydrogen-bond acceptors (Lipinski definition) is 4. The number of sulfone groups is 1. The first-order valence-corrected chi connectivity index (χ1v) is 11.9. The van der Waals surface area contributed by atoms with E-state index in [0.29, 0.717) is 6.42 Å². The molecule has 0 saturated carbocycles. The molecular formula is C22H30N2O3S. The molecule has 1 fully saturated rings. The van der Waals surface area contributed by atoms with E-state index in [4.69, 9.17) is 0 Å². The highest BCUT2D eigenvalue weighted by Crippen LogP contribution is 2.21. The van der Waals surface area contributed by atoms with Gasteiger partial charge in [0.1, 0.15) is 0 Å². The lowest BCUT2D eigenvalue weighted by Crippen LogP contribution is -2.44. The van der Waals surface area contributed by atoms with Crippen LogP contribution in [-0.2, 0) is 14.6 Å². The average molecular weight is 403 g/mol. The van der Waals surface area contributed by atoms with Crippen molar-refractivity contribution in [1.82, 2.24) is 10.2 Å². The lowest BCUT2D eigenvalue weighted by Gasteiger charge is -2.28. The minimum absolute atomic E-state index is 0.0433. The molecule has 1 saturated heterocycles. The molecule has 1 aliphatic rings. The molecule has 2 unspecified atom stereocenters. The lowest BCUT2D eigenvalue weighted by molar-refractivity contribution is -0.123. The van der Waals surface area contributed by atoms with E-state index in [9.17, 15) is 13.2 Å². The van der Waals surface area contributed by atoms with Crippen LogP contribution in [0.2, 0.25) is 0 Å². The van der Waals surface area contributed by atoms with Crippen molar-refractivity contribution in [2.45, 2.75) is 45.2 Å². The van der Waals surface area contributed by atoms with Gasteiger partial charge in [-0.15, -0.1) is 0 Å². The molecular weight excluding hydrogens is 372 g/mol. The first-order valence-electron chi connectivity index (χ1n) is 10.1. The Morgan fingerprint density at radius 1 is 1.21 bits per heavy atom. The second kappa shape index (κ2) is 9.05. The number of amides is 1. The summed E-state index contributed by atoms with van der Waals surface area (Å²) >= 11 is 0. The molecule has 28 heavy (non-hydrogen) atoms. The fourth-order valence-corrected chi connectivity index (χ4v) is 5.61. The predicted molar refractivity (Wildman–Crippen MR) is 114 cm³/mol. The second-order valence-corrected chi connectivity index (χ2v) is 10.0. The number of rotatable bonds is 8. The molecule has 0 aliphatic carbocycles. The molecule has 1 aliphatic heterocycles. The highest BCUT2D eigenvalue weighted by Gasteiger charge is 2.32. The quantitative estimate of drug-likeness (QED) is 0.736. The number of unbranched alkanes of at least 4 members (excludes halogenated alkanes) is 1. The van der Waals surface area contributed by atoms with Crippen molar-refractivity contribution < 1.29 is 13.2 Å².